The van der Waals surface area contributed by atoms with Crippen LogP contribution in [0.2, 0.25) is 0 Å². The summed E-state index contributed by atoms with van der Waals surface area (Å²) in [6.45, 7) is 2.55. The summed E-state index contributed by atoms with van der Waals surface area (Å²) in [6, 6.07) is 19.5. The molecule has 0 fully saturated rings. The van der Waals surface area contributed by atoms with E-state index in [4.69, 9.17) is 4.74 Å². The molecule has 26 heavy (non-hydrogen) atoms. The number of amides is 1. The molecule has 4 nitrogen and oxygen atoms in total. The Morgan fingerprint density at radius 2 is 1.85 bits per heavy atom. The number of benzene rings is 3. The first-order valence-electron chi connectivity index (χ1n) is 8.47. The number of carbonyl (C=O) groups excluding carboxylic acids is 1. The lowest BCUT2D eigenvalue weighted by Crippen LogP contribution is -2.14. The van der Waals surface area contributed by atoms with Gasteiger partial charge in [-0.25, -0.2) is 0 Å². The average Bonchev–Trinajstić information content (AvgIpc) is 2.98. The van der Waals surface area contributed by atoms with Crippen molar-refractivity contribution in [2.45, 2.75) is 6.92 Å². The molecule has 0 unspecified atom stereocenters. The number of hydrogen-bond donors (Lipinski definition) is 0. The van der Waals surface area contributed by atoms with Crippen LogP contribution in [0.4, 0.5) is 0 Å². The lowest BCUT2D eigenvalue weighted by atomic mass is 10.0. The fraction of sp³-hybridized carbons (Fsp3) is 0.143. The zero-order valence-corrected chi connectivity index (χ0v) is 15.4. The summed E-state index contributed by atoms with van der Waals surface area (Å²) in [5.41, 5.74) is 1.58. The molecule has 130 valence electrons. The molecule has 5 heteroatoms. The first-order valence-corrected chi connectivity index (χ1v) is 9.29. The highest BCUT2D eigenvalue weighted by molar-refractivity contribution is 7.16. The third-order valence-corrected chi connectivity index (χ3v) is 5.40. The van der Waals surface area contributed by atoms with Crippen LogP contribution in [0, 0.1) is 0 Å². The second kappa shape index (κ2) is 6.77. The summed E-state index contributed by atoms with van der Waals surface area (Å²) >= 11 is 1.49. The maximum atomic E-state index is 12.9. The van der Waals surface area contributed by atoms with E-state index in [0.29, 0.717) is 17.0 Å². The van der Waals surface area contributed by atoms with Crippen molar-refractivity contribution in [3.8, 4) is 5.75 Å². The van der Waals surface area contributed by atoms with Crippen molar-refractivity contribution in [1.82, 2.24) is 4.57 Å². The number of aromatic nitrogens is 1. The fourth-order valence-corrected chi connectivity index (χ4v) is 4.14. The third-order valence-electron chi connectivity index (χ3n) is 4.30. The molecule has 4 rings (SSSR count). The summed E-state index contributed by atoms with van der Waals surface area (Å²) in [5.74, 6) is 0.574. The molecule has 4 aromatic rings. The maximum Gasteiger partial charge on any atom is 0.280 e. The van der Waals surface area contributed by atoms with Gasteiger partial charge in [0.25, 0.3) is 5.91 Å². The van der Waals surface area contributed by atoms with Crippen molar-refractivity contribution in [2.75, 3.05) is 6.61 Å². The van der Waals surface area contributed by atoms with Gasteiger partial charge >= 0.3 is 0 Å². The second-order valence-corrected chi connectivity index (χ2v) is 6.93. The Morgan fingerprint density at radius 1 is 1.08 bits per heavy atom. The molecule has 0 spiro atoms. The van der Waals surface area contributed by atoms with Crippen molar-refractivity contribution in [2.24, 2.45) is 12.0 Å². The van der Waals surface area contributed by atoms with Crippen LogP contribution in [0.3, 0.4) is 0 Å². The molecule has 3 aromatic carbocycles. The molecule has 1 aromatic heterocycles. The number of hydrogen-bond acceptors (Lipinski definition) is 3. The first kappa shape index (κ1) is 16.5. The van der Waals surface area contributed by atoms with Crippen LogP contribution in [-0.4, -0.2) is 17.1 Å². The molecule has 0 aliphatic rings. The Labute approximate surface area is 155 Å². The molecule has 0 bridgehead atoms. The van der Waals surface area contributed by atoms with Crippen LogP contribution in [0.1, 0.15) is 17.3 Å². The topological polar surface area (TPSA) is 43.6 Å². The molecule has 0 aliphatic carbocycles. The summed E-state index contributed by atoms with van der Waals surface area (Å²) < 4.78 is 8.69. The van der Waals surface area contributed by atoms with Crippen LogP contribution in [-0.2, 0) is 7.05 Å². The number of aryl methyl sites for hydroxylation is 1. The van der Waals surface area contributed by atoms with Gasteiger partial charge in [0.2, 0.25) is 0 Å². The van der Waals surface area contributed by atoms with Crippen molar-refractivity contribution < 1.29 is 9.53 Å². The summed E-state index contributed by atoms with van der Waals surface area (Å²) in [6.07, 6.45) is 0. The van der Waals surface area contributed by atoms with Crippen molar-refractivity contribution in [1.29, 1.82) is 0 Å². The molecule has 0 saturated carbocycles. The molecule has 0 radical (unpaired) electrons. The quantitative estimate of drug-likeness (QED) is 0.537. The number of thiazole rings is 1. The number of ether oxygens (including phenoxy) is 1. The molecule has 1 amide bonds. The van der Waals surface area contributed by atoms with Gasteiger partial charge in [-0.1, -0.05) is 53.8 Å². The van der Waals surface area contributed by atoms with Gasteiger partial charge in [0.15, 0.2) is 4.80 Å². The number of carbonyl (C=O) groups is 1. The van der Waals surface area contributed by atoms with Crippen LogP contribution >= 0.6 is 11.3 Å². The highest BCUT2D eigenvalue weighted by Gasteiger charge is 2.12. The van der Waals surface area contributed by atoms with E-state index in [9.17, 15) is 4.79 Å². The molecule has 0 aliphatic heterocycles. The predicted octanol–water partition coefficient (Wildman–Crippen LogP) is 4.53. The van der Waals surface area contributed by atoms with Gasteiger partial charge < -0.3 is 9.30 Å². The smallest absolute Gasteiger partial charge is 0.280 e. The minimum absolute atomic E-state index is 0.234. The number of nitrogens with zero attached hydrogens (tertiary/aromatic N) is 2. The van der Waals surface area contributed by atoms with Crippen LogP contribution in [0.25, 0.3) is 21.0 Å². The van der Waals surface area contributed by atoms with E-state index in [1.54, 1.807) is 0 Å². The summed E-state index contributed by atoms with van der Waals surface area (Å²) in [4.78, 5) is 17.9. The van der Waals surface area contributed by atoms with Crippen molar-refractivity contribution in [3.63, 3.8) is 0 Å². The Morgan fingerprint density at radius 3 is 2.69 bits per heavy atom. The number of para-hydroxylation sites is 1. The minimum Gasteiger partial charge on any atom is -0.492 e. The van der Waals surface area contributed by atoms with Gasteiger partial charge in [-0.15, -0.1) is 0 Å². The van der Waals surface area contributed by atoms with Gasteiger partial charge in [0, 0.05) is 12.6 Å². The Bertz CT molecular complexity index is 1180. The summed E-state index contributed by atoms with van der Waals surface area (Å²) in [7, 11) is 1.91. The molecule has 0 saturated heterocycles. The Balaban J connectivity index is 1.87. The minimum atomic E-state index is -0.234. The maximum absolute atomic E-state index is 12.9. The van der Waals surface area contributed by atoms with Gasteiger partial charge in [-0.3, -0.25) is 4.79 Å². The number of fused-ring (bicyclic) bond motifs is 2. The van der Waals surface area contributed by atoms with Gasteiger partial charge in [-0.2, -0.15) is 4.99 Å². The monoisotopic (exact) mass is 362 g/mol. The lowest BCUT2D eigenvalue weighted by Gasteiger charge is -2.05. The first-order chi connectivity index (χ1) is 12.7. The van der Waals surface area contributed by atoms with Crippen molar-refractivity contribution >= 4 is 38.2 Å². The lowest BCUT2D eigenvalue weighted by molar-refractivity contribution is 0.0999. The van der Waals surface area contributed by atoms with Crippen LogP contribution in [0.5, 0.6) is 5.75 Å². The van der Waals surface area contributed by atoms with Crippen LogP contribution in [0.15, 0.2) is 65.7 Å². The average molecular weight is 362 g/mol. The van der Waals surface area contributed by atoms with E-state index in [1.165, 1.54) is 11.3 Å². The van der Waals surface area contributed by atoms with E-state index >= 15 is 0 Å². The second-order valence-electron chi connectivity index (χ2n) is 5.92. The standard InChI is InChI=1S/C21H18N2O2S/c1-3-25-17-12-7-13-18-19(17)23(2)21(26-18)22-20(24)16-11-6-9-14-8-4-5-10-15(14)16/h4-13H,3H2,1-2H3. The predicted molar refractivity (Wildman–Crippen MR) is 106 cm³/mol. The Kier molecular flexibility index (Phi) is 4.31. The Hall–Kier alpha value is -2.92. The van der Waals surface area contributed by atoms with Gasteiger partial charge in [-0.05, 0) is 35.9 Å². The fourth-order valence-electron chi connectivity index (χ4n) is 3.11. The summed E-state index contributed by atoms with van der Waals surface area (Å²) in [5, 5.41) is 1.95. The van der Waals surface area contributed by atoms with E-state index in [1.807, 2.05) is 79.2 Å². The van der Waals surface area contributed by atoms with Crippen LogP contribution < -0.4 is 9.54 Å². The normalized spacial score (nSPS) is 12.0. The van der Waals surface area contributed by atoms with E-state index in [2.05, 4.69) is 4.99 Å². The molecule has 0 N–H and O–H groups in total. The van der Waals surface area contributed by atoms with Crippen molar-refractivity contribution in [3.05, 3.63) is 71.0 Å². The van der Waals surface area contributed by atoms with E-state index < -0.39 is 0 Å². The third kappa shape index (κ3) is 2.80. The molecule has 1 heterocycles. The zero-order valence-electron chi connectivity index (χ0n) is 14.6. The largest absolute Gasteiger partial charge is 0.492 e. The van der Waals surface area contributed by atoms with E-state index in [0.717, 1.165) is 26.7 Å². The van der Waals surface area contributed by atoms with E-state index in [-0.39, 0.29) is 5.91 Å². The van der Waals surface area contributed by atoms with Gasteiger partial charge in [0.05, 0.1) is 11.3 Å². The number of rotatable bonds is 3. The van der Waals surface area contributed by atoms with Gasteiger partial charge in [0.1, 0.15) is 11.3 Å². The highest BCUT2D eigenvalue weighted by Crippen LogP contribution is 2.27. The SMILES string of the molecule is CCOc1cccc2sc(=NC(=O)c3cccc4ccccc34)n(C)c12. The molecule has 0 atom stereocenters. The molecular formula is C21H18N2O2S. The highest BCUT2D eigenvalue weighted by atomic mass is 32.1. The zero-order chi connectivity index (χ0) is 18.1. The molecular weight excluding hydrogens is 344 g/mol.